The van der Waals surface area contributed by atoms with E-state index in [1.54, 1.807) is 17.8 Å². The second-order valence-electron chi connectivity index (χ2n) is 4.94. The zero-order valence-corrected chi connectivity index (χ0v) is 12.9. The van der Waals surface area contributed by atoms with Crippen LogP contribution in [0.25, 0.3) is 0 Å². The molecule has 0 aromatic heterocycles. The van der Waals surface area contributed by atoms with E-state index in [-0.39, 0.29) is 11.9 Å². The molecule has 3 heteroatoms. The summed E-state index contributed by atoms with van der Waals surface area (Å²) < 4.78 is 14.0. The molecule has 0 aliphatic heterocycles. The summed E-state index contributed by atoms with van der Waals surface area (Å²) in [7, 11) is 1.85. The van der Waals surface area contributed by atoms with E-state index in [2.05, 4.69) is 36.5 Å². The lowest BCUT2D eigenvalue weighted by Gasteiger charge is -2.16. The molecular weight excluding hydrogens is 269 g/mol. The van der Waals surface area contributed by atoms with Crippen LogP contribution in [0.1, 0.15) is 29.7 Å². The van der Waals surface area contributed by atoms with Crippen molar-refractivity contribution < 1.29 is 4.39 Å². The molecular formula is C17H20FNS. The first-order chi connectivity index (χ1) is 9.61. The summed E-state index contributed by atoms with van der Waals surface area (Å²) in [6.07, 6.45) is 0. The van der Waals surface area contributed by atoms with Gasteiger partial charge in [-0.05, 0) is 38.6 Å². The molecule has 2 rings (SSSR count). The molecule has 106 valence electrons. The van der Waals surface area contributed by atoms with Crippen molar-refractivity contribution in [2.24, 2.45) is 0 Å². The first-order valence-corrected chi connectivity index (χ1v) is 7.74. The summed E-state index contributed by atoms with van der Waals surface area (Å²) in [4.78, 5) is 1.01. The van der Waals surface area contributed by atoms with Crippen LogP contribution >= 0.6 is 11.8 Å². The van der Waals surface area contributed by atoms with Crippen LogP contribution in [0.3, 0.4) is 0 Å². The Balaban J connectivity index is 2.19. The highest BCUT2D eigenvalue weighted by Gasteiger charge is 2.14. The molecule has 0 spiro atoms. The van der Waals surface area contributed by atoms with E-state index in [0.717, 1.165) is 16.2 Å². The fourth-order valence-corrected chi connectivity index (χ4v) is 3.28. The number of hydrogen-bond donors (Lipinski definition) is 1. The number of aryl methyl sites for hydroxylation is 1. The molecule has 2 aromatic carbocycles. The highest BCUT2D eigenvalue weighted by Crippen LogP contribution is 2.31. The van der Waals surface area contributed by atoms with Gasteiger partial charge in [0.2, 0.25) is 0 Å². The van der Waals surface area contributed by atoms with Crippen LogP contribution < -0.4 is 5.32 Å². The molecule has 1 unspecified atom stereocenters. The van der Waals surface area contributed by atoms with Gasteiger partial charge in [0.25, 0.3) is 0 Å². The van der Waals surface area contributed by atoms with Gasteiger partial charge in [-0.15, -0.1) is 11.8 Å². The van der Waals surface area contributed by atoms with E-state index < -0.39 is 0 Å². The second kappa shape index (κ2) is 6.91. The lowest BCUT2D eigenvalue weighted by atomic mass is 10.1. The van der Waals surface area contributed by atoms with E-state index in [0.29, 0.717) is 0 Å². The molecule has 1 N–H and O–H groups in total. The quantitative estimate of drug-likeness (QED) is 0.800. The Labute approximate surface area is 124 Å². The topological polar surface area (TPSA) is 12.0 Å². The van der Waals surface area contributed by atoms with E-state index in [9.17, 15) is 4.39 Å². The Kier molecular flexibility index (Phi) is 5.21. The molecule has 0 radical (unpaired) electrons. The number of benzene rings is 2. The fourth-order valence-electron chi connectivity index (χ4n) is 2.17. The van der Waals surface area contributed by atoms with Crippen molar-refractivity contribution >= 4 is 11.8 Å². The minimum Gasteiger partial charge on any atom is -0.313 e. The second-order valence-corrected chi connectivity index (χ2v) is 5.96. The van der Waals surface area contributed by atoms with Crippen molar-refractivity contribution in [3.63, 3.8) is 0 Å². The third-order valence-electron chi connectivity index (χ3n) is 3.36. The molecule has 0 saturated carbocycles. The van der Waals surface area contributed by atoms with E-state index in [1.807, 2.05) is 20.0 Å². The Morgan fingerprint density at radius 2 is 1.95 bits per heavy atom. The molecule has 0 bridgehead atoms. The Morgan fingerprint density at radius 3 is 2.65 bits per heavy atom. The predicted octanol–water partition coefficient (Wildman–Crippen LogP) is 4.71. The first kappa shape index (κ1) is 15.1. The van der Waals surface area contributed by atoms with Crippen molar-refractivity contribution in [3.05, 3.63) is 65.0 Å². The smallest absolute Gasteiger partial charge is 0.129 e. The lowest BCUT2D eigenvalue weighted by Crippen LogP contribution is -2.15. The zero-order chi connectivity index (χ0) is 14.5. The molecule has 0 aliphatic carbocycles. The Bertz CT molecular complexity index is 583. The minimum absolute atomic E-state index is 0.0104. The van der Waals surface area contributed by atoms with Gasteiger partial charge >= 0.3 is 0 Å². The highest BCUT2D eigenvalue weighted by molar-refractivity contribution is 7.98. The van der Waals surface area contributed by atoms with Crippen LogP contribution in [0.5, 0.6) is 0 Å². The van der Waals surface area contributed by atoms with Crippen LogP contribution in [0.2, 0.25) is 0 Å². The van der Waals surface area contributed by atoms with Gasteiger partial charge in [-0.3, -0.25) is 0 Å². The minimum atomic E-state index is -0.138. The third kappa shape index (κ3) is 3.62. The molecule has 0 fully saturated rings. The number of thioether (sulfide) groups is 1. The summed E-state index contributed by atoms with van der Waals surface area (Å²) in [6, 6.07) is 13.7. The number of hydrogen-bond acceptors (Lipinski definition) is 2. The van der Waals surface area contributed by atoms with Gasteiger partial charge < -0.3 is 5.32 Å². The van der Waals surface area contributed by atoms with Crippen molar-refractivity contribution in [2.75, 3.05) is 7.05 Å². The van der Waals surface area contributed by atoms with Crippen LogP contribution in [-0.2, 0) is 5.75 Å². The van der Waals surface area contributed by atoms with Crippen LogP contribution in [0.15, 0.2) is 47.4 Å². The summed E-state index contributed by atoms with van der Waals surface area (Å²) in [5.41, 5.74) is 3.28. The molecule has 0 aliphatic rings. The van der Waals surface area contributed by atoms with Gasteiger partial charge in [0.05, 0.1) is 0 Å². The van der Waals surface area contributed by atoms with Gasteiger partial charge in [0.1, 0.15) is 5.82 Å². The first-order valence-electron chi connectivity index (χ1n) is 6.76. The third-order valence-corrected chi connectivity index (χ3v) is 4.50. The van der Waals surface area contributed by atoms with Crippen LogP contribution in [0, 0.1) is 12.7 Å². The summed E-state index contributed by atoms with van der Waals surface area (Å²) in [5, 5.41) is 3.12. The highest BCUT2D eigenvalue weighted by atomic mass is 32.2. The van der Waals surface area contributed by atoms with E-state index >= 15 is 0 Å². The Morgan fingerprint density at radius 1 is 1.20 bits per heavy atom. The van der Waals surface area contributed by atoms with E-state index in [1.165, 1.54) is 17.2 Å². The number of nitrogens with one attached hydrogen (secondary N) is 1. The molecule has 0 saturated heterocycles. The largest absolute Gasteiger partial charge is 0.313 e. The molecule has 1 nitrogen and oxygen atoms in total. The Hall–Kier alpha value is -1.32. The van der Waals surface area contributed by atoms with Gasteiger partial charge in [-0.2, -0.15) is 0 Å². The molecule has 20 heavy (non-hydrogen) atoms. The standard InChI is InChI=1S/C17H20FNS/c1-12-6-4-7-14(10-12)11-20-16-9-5-8-15(18)17(16)13(2)19-3/h4-10,13,19H,11H2,1-3H3. The van der Waals surface area contributed by atoms with Gasteiger partial charge in [-0.25, -0.2) is 4.39 Å². The zero-order valence-electron chi connectivity index (χ0n) is 12.1. The van der Waals surface area contributed by atoms with Crippen molar-refractivity contribution in [2.45, 2.75) is 30.5 Å². The number of rotatable bonds is 5. The molecule has 2 aromatic rings. The van der Waals surface area contributed by atoms with Gasteiger partial charge in [0, 0.05) is 22.3 Å². The average Bonchev–Trinajstić information content (AvgIpc) is 2.44. The molecule has 0 amide bonds. The molecule has 1 atom stereocenters. The van der Waals surface area contributed by atoms with Crippen LogP contribution in [-0.4, -0.2) is 7.05 Å². The maximum atomic E-state index is 14.0. The number of halogens is 1. The van der Waals surface area contributed by atoms with Crippen molar-refractivity contribution in [1.29, 1.82) is 0 Å². The molecule has 0 heterocycles. The summed E-state index contributed by atoms with van der Waals surface area (Å²) >= 11 is 1.69. The van der Waals surface area contributed by atoms with E-state index in [4.69, 9.17) is 0 Å². The van der Waals surface area contributed by atoms with Crippen molar-refractivity contribution in [1.82, 2.24) is 5.32 Å². The fraction of sp³-hybridized carbons (Fsp3) is 0.294. The van der Waals surface area contributed by atoms with Gasteiger partial charge in [0.15, 0.2) is 0 Å². The maximum Gasteiger partial charge on any atom is 0.129 e. The predicted molar refractivity (Wildman–Crippen MR) is 84.6 cm³/mol. The van der Waals surface area contributed by atoms with Crippen molar-refractivity contribution in [3.8, 4) is 0 Å². The normalized spacial score (nSPS) is 12.4. The maximum absolute atomic E-state index is 14.0. The lowest BCUT2D eigenvalue weighted by molar-refractivity contribution is 0.552. The van der Waals surface area contributed by atoms with Crippen LogP contribution in [0.4, 0.5) is 4.39 Å². The summed E-state index contributed by atoms with van der Waals surface area (Å²) in [6.45, 7) is 4.07. The SMILES string of the molecule is CNC(C)c1c(F)cccc1SCc1cccc(C)c1. The summed E-state index contributed by atoms with van der Waals surface area (Å²) in [5.74, 6) is 0.718. The van der Waals surface area contributed by atoms with Gasteiger partial charge in [-0.1, -0.05) is 35.9 Å². The monoisotopic (exact) mass is 289 g/mol. The average molecular weight is 289 g/mol.